The summed E-state index contributed by atoms with van der Waals surface area (Å²) in [5.74, 6) is 0.746. The summed E-state index contributed by atoms with van der Waals surface area (Å²) in [7, 11) is 0. The molecule has 2 saturated carbocycles. The van der Waals surface area contributed by atoms with Crippen molar-refractivity contribution in [3.05, 3.63) is 81.5 Å². The molecule has 6 rings (SSSR count). The molecule has 1 amide bonds. The largest absolute Gasteiger partial charge is 0.503 e. The average Bonchev–Trinajstić information content (AvgIpc) is 3.94. The number of thiazole rings is 1. The molecule has 0 saturated heterocycles. The number of carbonyl (C=O) groups excluding carboxylic acids is 1. The quantitative estimate of drug-likeness (QED) is 0.239. The van der Waals surface area contributed by atoms with E-state index in [0.717, 1.165) is 49.1 Å². The van der Waals surface area contributed by atoms with Crippen molar-refractivity contribution < 1.29 is 14.3 Å². The van der Waals surface area contributed by atoms with Gasteiger partial charge < -0.3 is 14.6 Å². The van der Waals surface area contributed by atoms with Crippen LogP contribution in [0.1, 0.15) is 75.1 Å². The van der Waals surface area contributed by atoms with Crippen LogP contribution in [0.2, 0.25) is 0 Å². The van der Waals surface area contributed by atoms with Crippen molar-refractivity contribution in [1.29, 1.82) is 0 Å². The summed E-state index contributed by atoms with van der Waals surface area (Å²) in [6.07, 6.45) is 11.0. The molecule has 234 valence electrons. The van der Waals surface area contributed by atoms with E-state index in [1.54, 1.807) is 24.5 Å². The number of nitrogens with zero attached hydrogens (tertiary/aromatic N) is 4. The number of aromatic nitrogens is 2. The SMILES string of the molecule is C=C[C@@H]1CC1CN1C[C@@](C)(C(=O)N(CCC)CCC)n2cc(-c3ncc(Cc4ccc(F)cc4)s3)c(=O)c(O)c2C1C1CC1. The third-order valence-corrected chi connectivity index (χ3v) is 10.6. The van der Waals surface area contributed by atoms with Gasteiger partial charge >= 0.3 is 0 Å². The summed E-state index contributed by atoms with van der Waals surface area (Å²) < 4.78 is 15.4. The number of pyridine rings is 1. The number of fused-ring (bicyclic) bond motifs is 1. The lowest BCUT2D eigenvalue weighted by Gasteiger charge is -2.49. The molecule has 0 spiro atoms. The number of carbonyl (C=O) groups is 1. The van der Waals surface area contributed by atoms with E-state index in [1.807, 2.05) is 22.5 Å². The van der Waals surface area contributed by atoms with E-state index in [-0.39, 0.29) is 23.5 Å². The molecule has 3 heterocycles. The van der Waals surface area contributed by atoms with Gasteiger partial charge in [0, 0.05) is 49.9 Å². The summed E-state index contributed by atoms with van der Waals surface area (Å²) in [6.45, 7) is 12.8. The maximum absolute atomic E-state index is 14.6. The van der Waals surface area contributed by atoms with E-state index in [9.17, 15) is 19.1 Å². The van der Waals surface area contributed by atoms with E-state index >= 15 is 0 Å². The second-order valence-electron chi connectivity index (χ2n) is 13.1. The number of aromatic hydroxyl groups is 1. The number of halogens is 1. The van der Waals surface area contributed by atoms with Crippen molar-refractivity contribution in [3.63, 3.8) is 0 Å². The van der Waals surface area contributed by atoms with Gasteiger partial charge in [0.2, 0.25) is 11.3 Å². The van der Waals surface area contributed by atoms with Gasteiger partial charge in [-0.25, -0.2) is 9.37 Å². The zero-order valence-corrected chi connectivity index (χ0v) is 26.8. The molecule has 1 aromatic carbocycles. The van der Waals surface area contributed by atoms with E-state index in [4.69, 9.17) is 0 Å². The van der Waals surface area contributed by atoms with Crippen LogP contribution in [-0.4, -0.2) is 56.5 Å². The van der Waals surface area contributed by atoms with Crippen molar-refractivity contribution in [3.8, 4) is 16.3 Å². The summed E-state index contributed by atoms with van der Waals surface area (Å²) in [4.78, 5) is 38.3. The Balaban J connectivity index is 1.45. The van der Waals surface area contributed by atoms with Crippen molar-refractivity contribution in [1.82, 2.24) is 19.4 Å². The maximum Gasteiger partial charge on any atom is 0.249 e. The Morgan fingerprint density at radius 2 is 1.93 bits per heavy atom. The molecule has 2 aromatic heterocycles. The maximum atomic E-state index is 14.6. The van der Waals surface area contributed by atoms with E-state index < -0.39 is 11.0 Å². The Bertz CT molecular complexity index is 1590. The van der Waals surface area contributed by atoms with Crippen LogP contribution in [-0.2, 0) is 16.8 Å². The minimum Gasteiger partial charge on any atom is -0.503 e. The number of rotatable bonds is 12. The highest BCUT2D eigenvalue weighted by Gasteiger charge is 2.53. The van der Waals surface area contributed by atoms with Crippen LogP contribution >= 0.6 is 11.3 Å². The van der Waals surface area contributed by atoms with Gasteiger partial charge in [0.15, 0.2) is 5.75 Å². The molecule has 0 bridgehead atoms. The van der Waals surface area contributed by atoms with Gasteiger partial charge in [0.05, 0.1) is 17.3 Å². The monoisotopic (exact) mass is 618 g/mol. The number of benzene rings is 1. The van der Waals surface area contributed by atoms with Crippen LogP contribution in [0.4, 0.5) is 4.39 Å². The molecule has 0 radical (unpaired) electrons. The second-order valence-corrected chi connectivity index (χ2v) is 14.2. The van der Waals surface area contributed by atoms with Crippen molar-refractivity contribution in [2.75, 3.05) is 26.2 Å². The minimum absolute atomic E-state index is 0.0166. The second kappa shape index (κ2) is 12.2. The minimum atomic E-state index is -1.02. The fourth-order valence-electron chi connectivity index (χ4n) is 7.07. The van der Waals surface area contributed by atoms with Crippen LogP contribution in [0.3, 0.4) is 0 Å². The first kappa shape index (κ1) is 30.7. The standard InChI is InChI=1S/C35H43FN4O3S/c1-5-14-38(15-6-2)34(43)35(4)21-39(19-25-17-23(25)7-3)29(24-10-11-24)30-32(42)31(41)28(20-40(30)35)33-37-18-27(44-33)16-22-8-12-26(36)13-9-22/h7-9,12-13,18,20,23-25,29,42H,3,5-6,10-11,14-17,19,21H2,1-2,4H3/t23-,25?,29?,35+/m1/s1. The molecule has 9 heteroatoms. The summed E-state index contributed by atoms with van der Waals surface area (Å²) in [5.41, 5.74) is 0.344. The number of hydrogen-bond donors (Lipinski definition) is 1. The first-order valence-corrected chi connectivity index (χ1v) is 16.8. The van der Waals surface area contributed by atoms with Crippen LogP contribution in [0.5, 0.6) is 5.75 Å². The average molecular weight is 619 g/mol. The Morgan fingerprint density at radius 3 is 2.55 bits per heavy atom. The van der Waals surface area contributed by atoms with Crippen LogP contribution in [0.15, 0.2) is 54.1 Å². The molecule has 2 fully saturated rings. The van der Waals surface area contributed by atoms with Gasteiger partial charge in [-0.15, -0.1) is 17.9 Å². The molecule has 3 aromatic rings. The van der Waals surface area contributed by atoms with E-state index in [0.29, 0.717) is 60.1 Å². The fraction of sp³-hybridized carbons (Fsp3) is 0.514. The Hall–Kier alpha value is -3.30. The Labute approximate surface area is 263 Å². The Kier molecular flexibility index (Phi) is 8.54. The third-order valence-electron chi connectivity index (χ3n) is 9.56. The molecule has 4 atom stereocenters. The molecule has 2 aliphatic carbocycles. The van der Waals surface area contributed by atoms with Crippen molar-refractivity contribution >= 4 is 17.2 Å². The zero-order chi connectivity index (χ0) is 31.2. The van der Waals surface area contributed by atoms with Gasteiger partial charge in [0.25, 0.3) is 0 Å². The van der Waals surface area contributed by atoms with Gasteiger partial charge in [-0.1, -0.05) is 32.1 Å². The molecule has 44 heavy (non-hydrogen) atoms. The van der Waals surface area contributed by atoms with Gasteiger partial charge in [-0.2, -0.15) is 0 Å². The van der Waals surface area contributed by atoms with Crippen LogP contribution < -0.4 is 5.43 Å². The van der Waals surface area contributed by atoms with Crippen LogP contribution in [0, 0.1) is 23.6 Å². The molecule has 7 nitrogen and oxygen atoms in total. The predicted molar refractivity (Wildman–Crippen MR) is 172 cm³/mol. The lowest BCUT2D eigenvalue weighted by atomic mass is 9.88. The lowest BCUT2D eigenvalue weighted by molar-refractivity contribution is -0.143. The van der Waals surface area contributed by atoms with E-state index in [2.05, 4.69) is 30.3 Å². The summed E-state index contributed by atoms with van der Waals surface area (Å²) >= 11 is 1.38. The van der Waals surface area contributed by atoms with Crippen LogP contribution in [0.25, 0.3) is 10.6 Å². The van der Waals surface area contributed by atoms with Crippen molar-refractivity contribution in [2.45, 2.75) is 70.9 Å². The molecular formula is C35H43FN4O3S. The topological polar surface area (TPSA) is 78.7 Å². The van der Waals surface area contributed by atoms with Gasteiger partial charge in [-0.05, 0) is 74.5 Å². The fourth-order valence-corrected chi connectivity index (χ4v) is 8.02. The summed E-state index contributed by atoms with van der Waals surface area (Å²) in [6, 6.07) is 6.23. The zero-order valence-electron chi connectivity index (χ0n) is 26.0. The highest BCUT2D eigenvalue weighted by atomic mass is 32.1. The predicted octanol–water partition coefficient (Wildman–Crippen LogP) is 6.36. The third kappa shape index (κ3) is 5.76. The Morgan fingerprint density at radius 1 is 1.23 bits per heavy atom. The normalized spacial score (nSPS) is 24.6. The lowest BCUT2D eigenvalue weighted by Crippen LogP contribution is -2.60. The highest BCUT2D eigenvalue weighted by Crippen LogP contribution is 2.52. The molecule has 1 N–H and O–H groups in total. The first-order chi connectivity index (χ1) is 21.2. The first-order valence-electron chi connectivity index (χ1n) is 16.0. The number of hydrogen-bond acceptors (Lipinski definition) is 6. The summed E-state index contributed by atoms with van der Waals surface area (Å²) in [5, 5.41) is 12.3. The van der Waals surface area contributed by atoms with Crippen molar-refractivity contribution in [2.24, 2.45) is 17.8 Å². The molecular weight excluding hydrogens is 575 g/mol. The van der Waals surface area contributed by atoms with Gasteiger partial charge in [0.1, 0.15) is 16.4 Å². The molecule has 1 aliphatic heterocycles. The number of allylic oxidation sites excluding steroid dienone is 1. The molecule has 2 unspecified atom stereocenters. The molecule has 3 aliphatic rings. The smallest absolute Gasteiger partial charge is 0.249 e. The highest BCUT2D eigenvalue weighted by molar-refractivity contribution is 7.15. The van der Waals surface area contributed by atoms with Gasteiger partial charge in [-0.3, -0.25) is 14.5 Å². The number of amides is 1. The van der Waals surface area contributed by atoms with E-state index in [1.165, 1.54) is 23.5 Å².